The molecule has 0 bridgehead atoms. The second-order valence-corrected chi connectivity index (χ2v) is 7.88. The molecule has 27 heavy (non-hydrogen) atoms. The second kappa shape index (κ2) is 8.55. The normalized spacial score (nSPS) is 19.0. The van der Waals surface area contributed by atoms with E-state index in [-0.39, 0.29) is 0 Å². The van der Waals surface area contributed by atoms with E-state index in [1.807, 2.05) is 0 Å². The van der Waals surface area contributed by atoms with Crippen LogP contribution in [0.1, 0.15) is 45.4 Å². The molecule has 6 heteroatoms. The molecule has 0 spiro atoms. The highest BCUT2D eigenvalue weighted by atomic mass is 15.3. The summed E-state index contributed by atoms with van der Waals surface area (Å²) in [6, 6.07) is 8.65. The van der Waals surface area contributed by atoms with Gasteiger partial charge in [-0.15, -0.1) is 5.10 Å². The van der Waals surface area contributed by atoms with Crippen LogP contribution in [0.3, 0.4) is 0 Å². The van der Waals surface area contributed by atoms with Crippen LogP contribution < -0.4 is 15.1 Å². The second-order valence-electron chi connectivity index (χ2n) is 7.88. The molecule has 0 aliphatic carbocycles. The maximum absolute atomic E-state index is 4.68. The van der Waals surface area contributed by atoms with E-state index in [9.17, 15) is 0 Å². The first-order valence-electron chi connectivity index (χ1n) is 10.3. The molecule has 0 amide bonds. The molecule has 2 aliphatic heterocycles. The molecule has 1 N–H and O–H groups in total. The first kappa shape index (κ1) is 18.0. The predicted octanol–water partition coefficient (Wildman–Crippen LogP) is 4.23. The minimum Gasteiger partial charge on any atom is -0.372 e. The Balaban J connectivity index is 1.41. The number of nitrogens with one attached hydrogen (secondary N) is 1. The molecule has 2 aromatic rings. The molecular weight excluding hydrogens is 336 g/mol. The van der Waals surface area contributed by atoms with Crippen LogP contribution >= 0.6 is 0 Å². The largest absolute Gasteiger partial charge is 0.372 e. The Labute approximate surface area is 162 Å². The van der Waals surface area contributed by atoms with Crippen molar-refractivity contribution in [3.05, 3.63) is 30.5 Å². The fraction of sp³-hybridized carbons (Fsp3) is 0.571. The molecule has 6 nitrogen and oxygen atoms in total. The zero-order valence-electron chi connectivity index (χ0n) is 16.3. The minimum absolute atomic E-state index is 0.737. The van der Waals surface area contributed by atoms with Gasteiger partial charge in [-0.1, -0.05) is 19.8 Å². The van der Waals surface area contributed by atoms with E-state index in [1.54, 1.807) is 6.20 Å². The monoisotopic (exact) mass is 366 g/mol. The Morgan fingerprint density at radius 1 is 0.889 bits per heavy atom. The molecule has 0 radical (unpaired) electrons. The van der Waals surface area contributed by atoms with Crippen molar-refractivity contribution in [2.45, 2.75) is 45.4 Å². The lowest BCUT2D eigenvalue weighted by Crippen LogP contribution is -2.32. The molecule has 2 saturated heterocycles. The minimum atomic E-state index is 0.737. The van der Waals surface area contributed by atoms with Crippen molar-refractivity contribution in [1.29, 1.82) is 0 Å². The van der Waals surface area contributed by atoms with Crippen LogP contribution in [0.15, 0.2) is 30.5 Å². The van der Waals surface area contributed by atoms with E-state index >= 15 is 0 Å². The smallest absolute Gasteiger partial charge is 0.247 e. The van der Waals surface area contributed by atoms with Gasteiger partial charge in [-0.25, -0.2) is 0 Å². The highest BCUT2D eigenvalue weighted by Crippen LogP contribution is 2.25. The number of hydrogen-bond donors (Lipinski definition) is 1. The van der Waals surface area contributed by atoms with E-state index < -0.39 is 0 Å². The van der Waals surface area contributed by atoms with Crippen molar-refractivity contribution in [2.75, 3.05) is 41.3 Å². The summed E-state index contributed by atoms with van der Waals surface area (Å²) in [5.74, 6) is 2.34. The highest BCUT2D eigenvalue weighted by Gasteiger charge is 2.16. The van der Waals surface area contributed by atoms with Crippen LogP contribution in [0.25, 0.3) is 0 Å². The number of hydrogen-bond acceptors (Lipinski definition) is 6. The number of nitrogens with zero attached hydrogens (tertiary/aromatic N) is 5. The van der Waals surface area contributed by atoms with Crippen molar-refractivity contribution in [2.24, 2.45) is 5.92 Å². The number of benzene rings is 1. The van der Waals surface area contributed by atoms with E-state index in [2.05, 4.69) is 61.5 Å². The fourth-order valence-electron chi connectivity index (χ4n) is 3.93. The lowest BCUT2D eigenvalue weighted by Gasteiger charge is -2.32. The summed E-state index contributed by atoms with van der Waals surface area (Å²) in [4.78, 5) is 9.42. The Morgan fingerprint density at radius 3 is 2.30 bits per heavy atom. The van der Waals surface area contributed by atoms with Crippen molar-refractivity contribution in [1.82, 2.24) is 15.2 Å². The topological polar surface area (TPSA) is 57.2 Å². The van der Waals surface area contributed by atoms with Crippen molar-refractivity contribution < 1.29 is 0 Å². The van der Waals surface area contributed by atoms with Crippen LogP contribution in [-0.2, 0) is 0 Å². The van der Waals surface area contributed by atoms with Gasteiger partial charge in [0.05, 0.1) is 6.20 Å². The van der Waals surface area contributed by atoms with Gasteiger partial charge in [-0.2, -0.15) is 10.1 Å². The summed E-state index contributed by atoms with van der Waals surface area (Å²) in [5.41, 5.74) is 2.34. The predicted molar refractivity (Wildman–Crippen MR) is 111 cm³/mol. The average molecular weight is 367 g/mol. The third-order valence-corrected chi connectivity index (χ3v) is 5.73. The van der Waals surface area contributed by atoms with Crippen molar-refractivity contribution in [3.8, 4) is 0 Å². The molecule has 2 aliphatic rings. The molecule has 0 saturated carbocycles. The summed E-state index contributed by atoms with van der Waals surface area (Å²) in [5, 5.41) is 11.8. The Bertz CT molecular complexity index is 716. The molecule has 3 heterocycles. The quantitative estimate of drug-likeness (QED) is 0.874. The van der Waals surface area contributed by atoms with Gasteiger partial charge in [0.25, 0.3) is 0 Å². The first-order chi connectivity index (χ1) is 13.3. The summed E-state index contributed by atoms with van der Waals surface area (Å²) in [6.07, 6.45) is 9.27. The first-order valence-corrected chi connectivity index (χ1v) is 10.3. The molecule has 2 fully saturated rings. The Kier molecular flexibility index (Phi) is 5.70. The maximum Gasteiger partial charge on any atom is 0.247 e. The summed E-state index contributed by atoms with van der Waals surface area (Å²) >= 11 is 0. The highest BCUT2D eigenvalue weighted by molar-refractivity contribution is 5.61. The number of anilines is 4. The number of rotatable bonds is 4. The zero-order chi connectivity index (χ0) is 18.5. The van der Waals surface area contributed by atoms with Crippen LogP contribution in [0.2, 0.25) is 0 Å². The lowest BCUT2D eigenvalue weighted by atomic mass is 9.99. The SMILES string of the molecule is CC1CCN(c2ccc(Nc3cnnc(N4CCCCCC4)n3)cc2)CC1. The molecule has 144 valence electrons. The summed E-state index contributed by atoms with van der Waals surface area (Å²) in [6.45, 7) is 6.70. The average Bonchev–Trinajstić information content (AvgIpc) is 2.99. The van der Waals surface area contributed by atoms with Gasteiger partial charge in [-0.3, -0.25) is 0 Å². The third kappa shape index (κ3) is 4.67. The number of aromatic nitrogens is 3. The molecule has 1 aromatic heterocycles. The van der Waals surface area contributed by atoms with Crippen LogP contribution in [0, 0.1) is 5.92 Å². The standard InChI is InChI=1S/C21H30N6/c1-17-10-14-26(15-11-17)19-8-6-18(7-9-19)23-20-16-22-25-21(24-20)27-12-4-2-3-5-13-27/h6-9,16-17H,2-5,10-15H2,1H3,(H,23,24,25). The summed E-state index contributed by atoms with van der Waals surface area (Å²) in [7, 11) is 0. The fourth-order valence-corrected chi connectivity index (χ4v) is 3.93. The lowest BCUT2D eigenvalue weighted by molar-refractivity contribution is 0.438. The van der Waals surface area contributed by atoms with E-state index in [4.69, 9.17) is 0 Å². The van der Waals surface area contributed by atoms with Gasteiger partial charge in [0.15, 0.2) is 5.82 Å². The zero-order valence-corrected chi connectivity index (χ0v) is 16.3. The Morgan fingerprint density at radius 2 is 1.59 bits per heavy atom. The van der Waals surface area contributed by atoms with E-state index in [0.717, 1.165) is 49.6 Å². The third-order valence-electron chi connectivity index (χ3n) is 5.73. The number of piperidine rings is 1. The van der Waals surface area contributed by atoms with Gasteiger partial charge in [-0.05, 0) is 55.9 Å². The Hall–Kier alpha value is -2.37. The maximum atomic E-state index is 4.68. The van der Waals surface area contributed by atoms with Crippen LogP contribution in [-0.4, -0.2) is 41.4 Å². The van der Waals surface area contributed by atoms with Gasteiger partial charge >= 0.3 is 0 Å². The molecular formula is C21H30N6. The molecule has 4 rings (SSSR count). The van der Waals surface area contributed by atoms with Gasteiger partial charge in [0, 0.05) is 37.6 Å². The van der Waals surface area contributed by atoms with Crippen LogP contribution in [0.5, 0.6) is 0 Å². The molecule has 0 atom stereocenters. The van der Waals surface area contributed by atoms with Crippen LogP contribution in [0.4, 0.5) is 23.1 Å². The van der Waals surface area contributed by atoms with Gasteiger partial charge in [0.2, 0.25) is 5.95 Å². The summed E-state index contributed by atoms with van der Waals surface area (Å²) < 4.78 is 0. The van der Waals surface area contributed by atoms with Gasteiger partial charge < -0.3 is 15.1 Å². The van der Waals surface area contributed by atoms with Crippen molar-refractivity contribution >= 4 is 23.1 Å². The molecule has 1 aromatic carbocycles. The van der Waals surface area contributed by atoms with E-state index in [1.165, 1.54) is 44.2 Å². The van der Waals surface area contributed by atoms with Crippen molar-refractivity contribution in [3.63, 3.8) is 0 Å². The molecule has 0 unspecified atom stereocenters. The van der Waals surface area contributed by atoms with E-state index in [0.29, 0.717) is 0 Å². The van der Waals surface area contributed by atoms with Gasteiger partial charge in [0.1, 0.15) is 0 Å².